The Bertz CT molecular complexity index is 358. The molecule has 0 saturated carbocycles. The van der Waals surface area contributed by atoms with Gasteiger partial charge in [-0.05, 0) is 38.4 Å². The van der Waals surface area contributed by atoms with Crippen molar-refractivity contribution in [3.8, 4) is 0 Å². The zero-order valence-electron chi connectivity index (χ0n) is 13.3. The highest BCUT2D eigenvalue weighted by Crippen LogP contribution is 2.17. The molecule has 0 fully saturated rings. The summed E-state index contributed by atoms with van der Waals surface area (Å²) in [7, 11) is 0. The van der Waals surface area contributed by atoms with E-state index in [-0.39, 0.29) is 0 Å². The quantitative estimate of drug-likeness (QED) is 0.693. The summed E-state index contributed by atoms with van der Waals surface area (Å²) in [5.41, 5.74) is 1.33. The number of nitrogens with one attached hydrogen (secondary N) is 1. The fraction of sp³-hybridized carbons (Fsp3) is 0.750. The smallest absolute Gasteiger partial charge is 0.118 e. The van der Waals surface area contributed by atoms with Crippen LogP contribution in [0.15, 0.2) is 10.5 Å². The molecule has 0 atom stereocenters. The molecule has 3 heteroatoms. The lowest BCUT2D eigenvalue weighted by Gasteiger charge is -2.22. The second kappa shape index (κ2) is 8.39. The van der Waals surface area contributed by atoms with Crippen molar-refractivity contribution in [2.75, 3.05) is 19.6 Å². The molecule has 110 valence electrons. The molecule has 0 aliphatic carbocycles. The van der Waals surface area contributed by atoms with Gasteiger partial charge in [-0.2, -0.15) is 0 Å². The van der Waals surface area contributed by atoms with E-state index in [0.29, 0.717) is 5.92 Å². The molecule has 0 unspecified atom stereocenters. The molecule has 0 amide bonds. The molecule has 0 aromatic carbocycles. The second-order valence-corrected chi connectivity index (χ2v) is 5.69. The van der Waals surface area contributed by atoms with Crippen LogP contribution in [-0.2, 0) is 13.1 Å². The Morgan fingerprint density at radius 3 is 2.63 bits per heavy atom. The Morgan fingerprint density at radius 1 is 1.32 bits per heavy atom. The maximum absolute atomic E-state index is 5.82. The maximum atomic E-state index is 5.82. The lowest BCUT2D eigenvalue weighted by atomic mass is 10.1. The number of hydrogen-bond donors (Lipinski definition) is 1. The molecule has 1 rings (SSSR count). The number of nitrogens with zero attached hydrogens (tertiary/aromatic N) is 1. The number of furan rings is 1. The van der Waals surface area contributed by atoms with E-state index in [4.69, 9.17) is 4.42 Å². The van der Waals surface area contributed by atoms with Gasteiger partial charge in [-0.25, -0.2) is 0 Å². The first kappa shape index (κ1) is 16.3. The molecule has 0 bridgehead atoms. The highest BCUT2D eigenvalue weighted by Gasteiger charge is 2.12. The summed E-state index contributed by atoms with van der Waals surface area (Å²) < 4.78 is 5.82. The Morgan fingerprint density at radius 2 is 2.05 bits per heavy atom. The average Bonchev–Trinajstić information content (AvgIpc) is 2.69. The van der Waals surface area contributed by atoms with E-state index >= 15 is 0 Å². The van der Waals surface area contributed by atoms with Gasteiger partial charge in [0.25, 0.3) is 0 Å². The molecule has 1 aromatic rings. The largest absolute Gasteiger partial charge is 0.465 e. The second-order valence-electron chi connectivity index (χ2n) is 5.69. The van der Waals surface area contributed by atoms with Crippen LogP contribution in [-0.4, -0.2) is 24.5 Å². The van der Waals surface area contributed by atoms with E-state index in [1.165, 1.54) is 5.56 Å². The minimum absolute atomic E-state index is 0.706. The van der Waals surface area contributed by atoms with Gasteiger partial charge in [0.05, 0.1) is 6.54 Å². The molecule has 0 radical (unpaired) electrons. The van der Waals surface area contributed by atoms with Crippen LogP contribution in [0.4, 0.5) is 0 Å². The van der Waals surface area contributed by atoms with Crippen LogP contribution < -0.4 is 5.32 Å². The maximum Gasteiger partial charge on any atom is 0.118 e. The number of hydrogen-bond acceptors (Lipinski definition) is 3. The lowest BCUT2D eigenvalue weighted by Crippen LogP contribution is -2.27. The van der Waals surface area contributed by atoms with Crippen LogP contribution in [0.1, 0.15) is 51.2 Å². The summed E-state index contributed by atoms with van der Waals surface area (Å²) >= 11 is 0. The average molecular weight is 266 g/mol. The summed E-state index contributed by atoms with van der Waals surface area (Å²) in [6, 6.07) is 2.21. The van der Waals surface area contributed by atoms with Gasteiger partial charge in [0.15, 0.2) is 0 Å². The third-order valence-corrected chi connectivity index (χ3v) is 3.26. The van der Waals surface area contributed by atoms with Crippen LogP contribution in [0.5, 0.6) is 0 Å². The zero-order chi connectivity index (χ0) is 14.3. The highest BCUT2D eigenvalue weighted by atomic mass is 16.3. The van der Waals surface area contributed by atoms with E-state index in [1.807, 2.05) is 0 Å². The van der Waals surface area contributed by atoms with E-state index in [1.54, 1.807) is 0 Å². The predicted molar refractivity (Wildman–Crippen MR) is 81.2 cm³/mol. The zero-order valence-corrected chi connectivity index (χ0v) is 13.3. The highest BCUT2D eigenvalue weighted by molar-refractivity contribution is 5.20. The predicted octanol–water partition coefficient (Wildman–Crippen LogP) is 3.57. The van der Waals surface area contributed by atoms with Crippen molar-refractivity contribution in [2.24, 2.45) is 5.92 Å². The Labute approximate surface area is 118 Å². The molecular formula is C16H30N2O. The third kappa shape index (κ3) is 5.79. The number of rotatable bonds is 9. The van der Waals surface area contributed by atoms with Crippen LogP contribution in [0.3, 0.4) is 0 Å². The van der Waals surface area contributed by atoms with E-state index in [9.17, 15) is 0 Å². The molecule has 19 heavy (non-hydrogen) atoms. The summed E-state index contributed by atoms with van der Waals surface area (Å²) in [5, 5.41) is 3.38. The SMILES string of the molecule is CCCNCc1cc(CN(CC)CC(C)C)c(C)o1. The van der Waals surface area contributed by atoms with Crippen LogP contribution in [0.2, 0.25) is 0 Å². The first-order chi connectivity index (χ1) is 9.06. The molecule has 0 aliphatic rings. The number of aryl methyl sites for hydroxylation is 1. The summed E-state index contributed by atoms with van der Waals surface area (Å²) in [4.78, 5) is 2.48. The molecule has 0 saturated heterocycles. The monoisotopic (exact) mass is 266 g/mol. The van der Waals surface area contributed by atoms with Crippen molar-refractivity contribution in [2.45, 2.75) is 54.1 Å². The molecular weight excluding hydrogens is 236 g/mol. The Hall–Kier alpha value is -0.800. The van der Waals surface area contributed by atoms with Gasteiger partial charge in [0, 0.05) is 18.7 Å². The fourth-order valence-electron chi connectivity index (χ4n) is 2.28. The van der Waals surface area contributed by atoms with Gasteiger partial charge in [0.1, 0.15) is 11.5 Å². The topological polar surface area (TPSA) is 28.4 Å². The van der Waals surface area contributed by atoms with Crippen molar-refractivity contribution in [3.63, 3.8) is 0 Å². The van der Waals surface area contributed by atoms with Gasteiger partial charge in [0.2, 0.25) is 0 Å². The molecule has 1 aromatic heterocycles. The first-order valence-corrected chi connectivity index (χ1v) is 7.58. The summed E-state index contributed by atoms with van der Waals surface area (Å²) in [6.07, 6.45) is 1.16. The molecule has 1 N–H and O–H groups in total. The first-order valence-electron chi connectivity index (χ1n) is 7.58. The van der Waals surface area contributed by atoms with Gasteiger partial charge in [-0.1, -0.05) is 27.7 Å². The minimum atomic E-state index is 0.706. The van der Waals surface area contributed by atoms with Gasteiger partial charge in [-0.15, -0.1) is 0 Å². The molecule has 0 aliphatic heterocycles. The van der Waals surface area contributed by atoms with Gasteiger partial charge >= 0.3 is 0 Å². The molecule has 3 nitrogen and oxygen atoms in total. The van der Waals surface area contributed by atoms with E-state index in [2.05, 4.69) is 50.9 Å². The van der Waals surface area contributed by atoms with Crippen LogP contribution in [0, 0.1) is 12.8 Å². The van der Waals surface area contributed by atoms with Crippen molar-refractivity contribution in [1.82, 2.24) is 10.2 Å². The Balaban J connectivity index is 2.57. The van der Waals surface area contributed by atoms with E-state index < -0.39 is 0 Å². The molecule has 1 heterocycles. The lowest BCUT2D eigenvalue weighted by molar-refractivity contribution is 0.247. The Kier molecular flexibility index (Phi) is 7.17. The van der Waals surface area contributed by atoms with Crippen molar-refractivity contribution in [1.29, 1.82) is 0 Å². The van der Waals surface area contributed by atoms with E-state index in [0.717, 1.165) is 50.7 Å². The summed E-state index contributed by atoms with van der Waals surface area (Å²) in [5.74, 6) is 2.83. The minimum Gasteiger partial charge on any atom is -0.465 e. The van der Waals surface area contributed by atoms with Gasteiger partial charge in [-0.3, -0.25) is 4.90 Å². The van der Waals surface area contributed by atoms with Gasteiger partial charge < -0.3 is 9.73 Å². The normalized spacial score (nSPS) is 11.7. The fourth-order valence-corrected chi connectivity index (χ4v) is 2.28. The van der Waals surface area contributed by atoms with Crippen molar-refractivity contribution < 1.29 is 4.42 Å². The third-order valence-electron chi connectivity index (χ3n) is 3.26. The standard InChI is InChI=1S/C16H30N2O/c1-6-8-17-10-16-9-15(14(5)19-16)12-18(7-2)11-13(3)4/h9,13,17H,6-8,10-12H2,1-5H3. The van der Waals surface area contributed by atoms with Crippen molar-refractivity contribution in [3.05, 3.63) is 23.2 Å². The van der Waals surface area contributed by atoms with Crippen LogP contribution in [0.25, 0.3) is 0 Å². The summed E-state index contributed by atoms with van der Waals surface area (Å²) in [6.45, 7) is 16.1. The van der Waals surface area contributed by atoms with Crippen LogP contribution >= 0.6 is 0 Å². The molecule has 0 spiro atoms. The van der Waals surface area contributed by atoms with Crippen molar-refractivity contribution >= 4 is 0 Å².